The van der Waals surface area contributed by atoms with Gasteiger partial charge in [-0.2, -0.15) is 5.10 Å². The first-order chi connectivity index (χ1) is 10.6. The summed E-state index contributed by atoms with van der Waals surface area (Å²) >= 11 is 0. The van der Waals surface area contributed by atoms with Crippen LogP contribution in [0, 0.1) is 12.8 Å². The first kappa shape index (κ1) is 14.2. The fourth-order valence-corrected chi connectivity index (χ4v) is 2.71. The molecule has 3 rings (SSSR count). The fraction of sp³-hybridized carbons (Fsp3) is 0.333. The van der Waals surface area contributed by atoms with E-state index in [1.54, 1.807) is 19.1 Å². The Labute approximate surface area is 126 Å². The first-order valence-electron chi connectivity index (χ1n) is 7.00. The van der Waals surface area contributed by atoms with Crippen LogP contribution in [-0.2, 0) is 19.1 Å². The standard InChI is InChI=1S/C15H15N3O4/c1-3-22-15(21)12-10-11(16-17-12)14(20)18(13(10)19)9-7-5-4-6-8(9)2/h4-7,10-11,16H,3H2,1-2H3/t10-,11-/m1/s1. The Morgan fingerprint density at radius 2 is 2.05 bits per heavy atom. The van der Waals surface area contributed by atoms with Gasteiger partial charge in [-0.3, -0.25) is 15.0 Å². The average Bonchev–Trinajstić information content (AvgIpc) is 3.02. The predicted molar refractivity (Wildman–Crippen MR) is 78.2 cm³/mol. The highest BCUT2D eigenvalue weighted by molar-refractivity contribution is 6.46. The van der Waals surface area contributed by atoms with Crippen molar-refractivity contribution in [3.05, 3.63) is 29.8 Å². The van der Waals surface area contributed by atoms with E-state index in [0.29, 0.717) is 5.69 Å². The minimum atomic E-state index is -0.925. The van der Waals surface area contributed by atoms with Gasteiger partial charge < -0.3 is 4.74 Å². The van der Waals surface area contributed by atoms with E-state index in [-0.39, 0.29) is 12.3 Å². The molecule has 2 atom stereocenters. The summed E-state index contributed by atoms with van der Waals surface area (Å²) in [7, 11) is 0. The maximum atomic E-state index is 12.6. The molecule has 0 bridgehead atoms. The molecule has 0 spiro atoms. The molecule has 0 aromatic heterocycles. The molecule has 1 aromatic rings. The third kappa shape index (κ3) is 1.97. The van der Waals surface area contributed by atoms with Crippen LogP contribution in [0.25, 0.3) is 0 Å². The second-order valence-corrected chi connectivity index (χ2v) is 5.10. The molecule has 2 amide bonds. The summed E-state index contributed by atoms with van der Waals surface area (Å²) < 4.78 is 4.89. The molecule has 0 radical (unpaired) electrons. The number of fused-ring (bicyclic) bond motifs is 1. The van der Waals surface area contributed by atoms with Crippen molar-refractivity contribution in [1.29, 1.82) is 0 Å². The maximum absolute atomic E-state index is 12.6. The van der Waals surface area contributed by atoms with E-state index in [1.807, 2.05) is 19.1 Å². The second kappa shape index (κ2) is 5.25. The number of hydrazone groups is 1. The summed E-state index contributed by atoms with van der Waals surface area (Å²) in [5.41, 5.74) is 3.87. The number of rotatable bonds is 3. The molecule has 0 unspecified atom stereocenters. The number of benzene rings is 1. The van der Waals surface area contributed by atoms with Crippen LogP contribution >= 0.6 is 0 Å². The van der Waals surface area contributed by atoms with Gasteiger partial charge in [0.25, 0.3) is 5.91 Å². The van der Waals surface area contributed by atoms with E-state index in [4.69, 9.17) is 4.74 Å². The highest BCUT2D eigenvalue weighted by Gasteiger charge is 2.55. The number of carbonyl (C=O) groups excluding carboxylic acids is 3. The van der Waals surface area contributed by atoms with Crippen LogP contribution in [0.5, 0.6) is 0 Å². The third-order valence-electron chi connectivity index (χ3n) is 3.77. The molecular formula is C15H15N3O4. The lowest BCUT2D eigenvalue weighted by atomic mass is 9.99. The fourth-order valence-electron chi connectivity index (χ4n) is 2.71. The van der Waals surface area contributed by atoms with Crippen LogP contribution in [0.4, 0.5) is 5.69 Å². The van der Waals surface area contributed by atoms with Gasteiger partial charge in [-0.25, -0.2) is 9.69 Å². The van der Waals surface area contributed by atoms with Gasteiger partial charge in [-0.1, -0.05) is 18.2 Å². The van der Waals surface area contributed by atoms with Gasteiger partial charge in [0.1, 0.15) is 12.0 Å². The smallest absolute Gasteiger partial charge is 0.355 e. The van der Waals surface area contributed by atoms with E-state index in [0.717, 1.165) is 10.5 Å². The third-order valence-corrected chi connectivity index (χ3v) is 3.77. The highest BCUT2D eigenvalue weighted by Crippen LogP contribution is 2.32. The molecule has 1 N–H and O–H groups in total. The van der Waals surface area contributed by atoms with E-state index >= 15 is 0 Å². The van der Waals surface area contributed by atoms with E-state index < -0.39 is 29.7 Å². The van der Waals surface area contributed by atoms with Crippen molar-refractivity contribution >= 4 is 29.2 Å². The summed E-state index contributed by atoms with van der Waals surface area (Å²) in [6, 6.07) is 6.26. The number of esters is 1. The van der Waals surface area contributed by atoms with Gasteiger partial charge in [-0.15, -0.1) is 0 Å². The normalized spacial score (nSPS) is 23.2. The van der Waals surface area contributed by atoms with E-state index in [2.05, 4.69) is 10.5 Å². The second-order valence-electron chi connectivity index (χ2n) is 5.10. The molecule has 2 aliphatic rings. The minimum absolute atomic E-state index is 0.0405. The summed E-state index contributed by atoms with van der Waals surface area (Å²) in [4.78, 5) is 38.1. The highest BCUT2D eigenvalue weighted by atomic mass is 16.5. The summed E-state index contributed by atoms with van der Waals surface area (Å²) in [6.45, 7) is 3.66. The van der Waals surface area contributed by atoms with E-state index in [9.17, 15) is 14.4 Å². The van der Waals surface area contributed by atoms with Crippen LogP contribution in [0.1, 0.15) is 12.5 Å². The minimum Gasteiger partial charge on any atom is -0.461 e. The maximum Gasteiger partial charge on any atom is 0.355 e. The van der Waals surface area contributed by atoms with Crippen LogP contribution in [-0.4, -0.2) is 36.1 Å². The van der Waals surface area contributed by atoms with E-state index in [1.165, 1.54) is 0 Å². The Morgan fingerprint density at radius 3 is 2.73 bits per heavy atom. The first-order valence-corrected chi connectivity index (χ1v) is 7.00. The zero-order chi connectivity index (χ0) is 15.9. The number of ether oxygens (including phenoxy) is 1. The topological polar surface area (TPSA) is 88.1 Å². The molecule has 0 saturated carbocycles. The monoisotopic (exact) mass is 301 g/mol. The number of imide groups is 1. The molecule has 1 fully saturated rings. The summed E-state index contributed by atoms with van der Waals surface area (Å²) in [5, 5.41) is 3.81. The SMILES string of the molecule is CCOC(=O)C1=NN[C@H]2C(=O)N(c3ccccc3C)C(=O)[C@@H]12. The molecule has 22 heavy (non-hydrogen) atoms. The van der Waals surface area contributed by atoms with Gasteiger partial charge in [-0.05, 0) is 25.5 Å². The lowest BCUT2D eigenvalue weighted by Crippen LogP contribution is -2.36. The van der Waals surface area contributed by atoms with Crippen molar-refractivity contribution in [2.75, 3.05) is 11.5 Å². The number of amides is 2. The van der Waals surface area contributed by atoms with Gasteiger partial charge in [0.15, 0.2) is 5.71 Å². The molecule has 2 aliphatic heterocycles. The lowest BCUT2D eigenvalue weighted by molar-refractivity contribution is -0.136. The zero-order valence-electron chi connectivity index (χ0n) is 12.2. The number of aryl methyl sites for hydroxylation is 1. The molecule has 7 nitrogen and oxygen atoms in total. The van der Waals surface area contributed by atoms with Gasteiger partial charge >= 0.3 is 5.97 Å². The van der Waals surface area contributed by atoms with Crippen LogP contribution in [0.15, 0.2) is 29.4 Å². The Hall–Kier alpha value is -2.70. The van der Waals surface area contributed by atoms with Gasteiger partial charge in [0.05, 0.1) is 12.3 Å². The Morgan fingerprint density at radius 1 is 1.32 bits per heavy atom. The molecule has 7 heteroatoms. The van der Waals surface area contributed by atoms with Crippen molar-refractivity contribution in [2.24, 2.45) is 11.0 Å². The quantitative estimate of drug-likeness (QED) is 0.644. The van der Waals surface area contributed by atoms with Gasteiger partial charge in [0, 0.05) is 0 Å². The number of carbonyl (C=O) groups is 3. The van der Waals surface area contributed by atoms with Gasteiger partial charge in [0.2, 0.25) is 5.91 Å². The van der Waals surface area contributed by atoms with Crippen molar-refractivity contribution < 1.29 is 19.1 Å². The number of para-hydroxylation sites is 1. The number of nitrogens with one attached hydrogen (secondary N) is 1. The Balaban J connectivity index is 1.95. The zero-order valence-corrected chi connectivity index (χ0v) is 12.2. The van der Waals surface area contributed by atoms with Crippen LogP contribution in [0.3, 0.4) is 0 Å². The van der Waals surface area contributed by atoms with Crippen LogP contribution in [0.2, 0.25) is 0 Å². The Bertz CT molecular complexity index is 698. The number of nitrogens with zero attached hydrogens (tertiary/aromatic N) is 2. The summed E-state index contributed by atoms with van der Waals surface area (Å²) in [5.74, 6) is -2.46. The molecular weight excluding hydrogens is 286 g/mol. The predicted octanol–water partition coefficient (Wildman–Crippen LogP) is 0.375. The van der Waals surface area contributed by atoms with Crippen molar-refractivity contribution in [1.82, 2.24) is 5.43 Å². The number of hydrogen-bond acceptors (Lipinski definition) is 6. The largest absolute Gasteiger partial charge is 0.461 e. The number of anilines is 1. The molecule has 114 valence electrons. The molecule has 0 aliphatic carbocycles. The lowest BCUT2D eigenvalue weighted by Gasteiger charge is -2.17. The van der Waals surface area contributed by atoms with Crippen LogP contribution < -0.4 is 10.3 Å². The Kier molecular flexibility index (Phi) is 3.40. The summed E-state index contributed by atoms with van der Waals surface area (Å²) in [6.07, 6.45) is 0. The van der Waals surface area contributed by atoms with Crippen molar-refractivity contribution in [3.8, 4) is 0 Å². The average molecular weight is 301 g/mol. The molecule has 1 aromatic carbocycles. The number of hydrogen-bond donors (Lipinski definition) is 1. The molecule has 1 saturated heterocycles. The molecule has 2 heterocycles. The van der Waals surface area contributed by atoms with Crippen molar-refractivity contribution in [2.45, 2.75) is 19.9 Å². The van der Waals surface area contributed by atoms with Crippen molar-refractivity contribution in [3.63, 3.8) is 0 Å².